The number of phenolic OH excluding ortho intramolecular Hbond substituents is 1. The van der Waals surface area contributed by atoms with Crippen LogP contribution in [-0.4, -0.2) is 66.8 Å². The summed E-state index contributed by atoms with van der Waals surface area (Å²) in [5.74, 6) is 0.967. The van der Waals surface area contributed by atoms with E-state index in [4.69, 9.17) is 21.1 Å². The normalized spacial score (nSPS) is 14.8. The number of carbonyl (C=O) groups excluding carboxylic acids is 1. The third kappa shape index (κ3) is 5.52. The highest BCUT2D eigenvalue weighted by Gasteiger charge is 2.21. The van der Waals surface area contributed by atoms with Crippen molar-refractivity contribution in [1.82, 2.24) is 9.80 Å². The van der Waals surface area contributed by atoms with Crippen molar-refractivity contribution in [2.75, 3.05) is 45.9 Å². The molecule has 2 aromatic carbocycles. The maximum atomic E-state index is 12.3. The molecule has 1 fully saturated rings. The van der Waals surface area contributed by atoms with Crippen LogP contribution in [0.4, 0.5) is 0 Å². The molecule has 0 aromatic heterocycles. The van der Waals surface area contributed by atoms with Crippen LogP contribution in [0, 0.1) is 0 Å². The number of carbonyl (C=O) groups is 1. The van der Waals surface area contributed by atoms with E-state index in [-0.39, 0.29) is 18.3 Å². The van der Waals surface area contributed by atoms with E-state index in [0.717, 1.165) is 19.6 Å². The summed E-state index contributed by atoms with van der Waals surface area (Å²) in [6, 6.07) is 14.0. The van der Waals surface area contributed by atoms with E-state index in [0.29, 0.717) is 36.2 Å². The van der Waals surface area contributed by atoms with Crippen LogP contribution < -0.4 is 9.47 Å². The predicted molar refractivity (Wildman–Crippen MR) is 104 cm³/mol. The number of phenols is 1. The summed E-state index contributed by atoms with van der Waals surface area (Å²) in [7, 11) is 0. The number of rotatable bonds is 7. The van der Waals surface area contributed by atoms with Crippen molar-refractivity contribution in [2.45, 2.75) is 0 Å². The molecule has 1 N–H and O–H groups in total. The van der Waals surface area contributed by atoms with Gasteiger partial charge in [-0.25, -0.2) is 0 Å². The smallest absolute Gasteiger partial charge is 0.260 e. The lowest BCUT2D eigenvalue weighted by Crippen LogP contribution is -2.50. The third-order valence-corrected chi connectivity index (χ3v) is 4.76. The highest BCUT2D eigenvalue weighted by atomic mass is 35.5. The summed E-state index contributed by atoms with van der Waals surface area (Å²) in [5.41, 5.74) is 0. The van der Waals surface area contributed by atoms with Crippen molar-refractivity contribution in [3.63, 3.8) is 0 Å². The molecule has 0 aliphatic carbocycles. The number of halogens is 1. The second kappa shape index (κ2) is 9.48. The Labute approximate surface area is 163 Å². The van der Waals surface area contributed by atoms with Crippen LogP contribution in [0.15, 0.2) is 48.5 Å². The molecule has 1 aliphatic rings. The van der Waals surface area contributed by atoms with Crippen molar-refractivity contribution in [1.29, 1.82) is 0 Å². The van der Waals surface area contributed by atoms with Crippen molar-refractivity contribution >= 4 is 17.5 Å². The quantitative estimate of drug-likeness (QED) is 0.787. The molecule has 1 saturated heterocycles. The minimum Gasteiger partial charge on any atom is -0.504 e. The Balaban J connectivity index is 1.36. The zero-order valence-corrected chi connectivity index (χ0v) is 15.8. The van der Waals surface area contributed by atoms with Gasteiger partial charge >= 0.3 is 0 Å². The van der Waals surface area contributed by atoms with Crippen LogP contribution in [-0.2, 0) is 4.79 Å². The van der Waals surface area contributed by atoms with Gasteiger partial charge in [0, 0.05) is 32.7 Å². The molecule has 1 aliphatic heterocycles. The van der Waals surface area contributed by atoms with E-state index in [1.807, 2.05) is 18.2 Å². The maximum Gasteiger partial charge on any atom is 0.260 e. The van der Waals surface area contributed by atoms with E-state index >= 15 is 0 Å². The fraction of sp³-hybridized carbons (Fsp3) is 0.350. The Morgan fingerprint density at radius 2 is 1.63 bits per heavy atom. The van der Waals surface area contributed by atoms with Gasteiger partial charge in [0.1, 0.15) is 12.4 Å². The summed E-state index contributed by atoms with van der Waals surface area (Å²) < 4.78 is 11.1. The van der Waals surface area contributed by atoms with Gasteiger partial charge in [-0.2, -0.15) is 0 Å². The van der Waals surface area contributed by atoms with Gasteiger partial charge in [0.05, 0.1) is 5.02 Å². The Morgan fingerprint density at radius 3 is 2.33 bits per heavy atom. The van der Waals surface area contributed by atoms with Crippen molar-refractivity contribution in [3.05, 3.63) is 53.6 Å². The molecule has 0 unspecified atom stereocenters. The highest BCUT2D eigenvalue weighted by molar-refractivity contribution is 6.32. The van der Waals surface area contributed by atoms with E-state index in [1.54, 1.807) is 29.2 Å². The molecule has 0 radical (unpaired) electrons. The molecule has 6 nitrogen and oxygen atoms in total. The fourth-order valence-electron chi connectivity index (χ4n) is 2.88. The average molecular weight is 391 g/mol. The Hall–Kier alpha value is -2.44. The number of ether oxygens (including phenoxy) is 2. The Bertz CT molecular complexity index is 763. The molecule has 7 heteroatoms. The zero-order chi connectivity index (χ0) is 19.1. The summed E-state index contributed by atoms with van der Waals surface area (Å²) in [6.45, 7) is 4.12. The standard InChI is InChI=1S/C20H23ClN2O4/c21-16-5-1-3-7-18(16)26-14-13-22-9-11-23(12-10-22)20(25)15-27-19-8-4-2-6-17(19)24/h1-8,24H,9-15H2. The largest absolute Gasteiger partial charge is 0.504 e. The molecule has 0 saturated carbocycles. The molecular weight excluding hydrogens is 368 g/mol. The Kier molecular flexibility index (Phi) is 6.79. The number of nitrogens with zero attached hydrogens (tertiary/aromatic N) is 2. The first-order valence-electron chi connectivity index (χ1n) is 8.92. The second-order valence-electron chi connectivity index (χ2n) is 6.26. The number of amides is 1. The van der Waals surface area contributed by atoms with Crippen molar-refractivity contribution in [3.8, 4) is 17.2 Å². The van der Waals surface area contributed by atoms with Gasteiger partial charge in [0.25, 0.3) is 5.91 Å². The van der Waals surface area contributed by atoms with Gasteiger partial charge in [-0.05, 0) is 24.3 Å². The Morgan fingerprint density at radius 1 is 0.963 bits per heavy atom. The number of para-hydroxylation sites is 3. The maximum absolute atomic E-state index is 12.3. The lowest BCUT2D eigenvalue weighted by Gasteiger charge is -2.34. The molecule has 0 spiro atoms. The minimum absolute atomic E-state index is 0.0358. The first-order chi connectivity index (χ1) is 13.1. The van der Waals surface area contributed by atoms with E-state index in [1.165, 1.54) is 6.07 Å². The van der Waals surface area contributed by atoms with Gasteiger partial charge < -0.3 is 19.5 Å². The lowest BCUT2D eigenvalue weighted by atomic mass is 10.3. The summed E-state index contributed by atoms with van der Waals surface area (Å²) in [5, 5.41) is 10.3. The highest BCUT2D eigenvalue weighted by Crippen LogP contribution is 2.24. The summed E-state index contributed by atoms with van der Waals surface area (Å²) in [6.07, 6.45) is 0. The van der Waals surface area contributed by atoms with Gasteiger partial charge in [-0.3, -0.25) is 9.69 Å². The SMILES string of the molecule is O=C(COc1ccccc1O)N1CCN(CCOc2ccccc2Cl)CC1. The van der Waals surface area contributed by atoms with Crippen LogP contribution in [0.1, 0.15) is 0 Å². The molecule has 1 heterocycles. The molecule has 27 heavy (non-hydrogen) atoms. The summed E-state index contributed by atoms with van der Waals surface area (Å²) in [4.78, 5) is 16.3. The number of hydrogen-bond donors (Lipinski definition) is 1. The van der Waals surface area contributed by atoms with E-state index in [2.05, 4.69) is 4.90 Å². The number of aromatic hydroxyl groups is 1. The van der Waals surface area contributed by atoms with Crippen molar-refractivity contribution < 1.29 is 19.4 Å². The molecule has 3 rings (SSSR count). The lowest BCUT2D eigenvalue weighted by molar-refractivity contribution is -0.135. The predicted octanol–water partition coefficient (Wildman–Crippen LogP) is 2.65. The summed E-state index contributed by atoms with van der Waals surface area (Å²) >= 11 is 6.07. The van der Waals surface area contributed by atoms with E-state index < -0.39 is 0 Å². The minimum atomic E-state index is -0.0785. The number of benzene rings is 2. The third-order valence-electron chi connectivity index (χ3n) is 4.44. The van der Waals surface area contributed by atoms with Crippen LogP contribution in [0.3, 0.4) is 0 Å². The second-order valence-corrected chi connectivity index (χ2v) is 6.66. The van der Waals surface area contributed by atoms with Gasteiger partial charge in [0.2, 0.25) is 0 Å². The van der Waals surface area contributed by atoms with E-state index in [9.17, 15) is 9.90 Å². The van der Waals surface area contributed by atoms with Gasteiger partial charge in [0.15, 0.2) is 18.1 Å². The molecular formula is C20H23ClN2O4. The first-order valence-corrected chi connectivity index (χ1v) is 9.29. The first kappa shape index (κ1) is 19.3. The molecule has 0 bridgehead atoms. The van der Waals surface area contributed by atoms with Crippen LogP contribution in [0.25, 0.3) is 0 Å². The van der Waals surface area contributed by atoms with Crippen LogP contribution in [0.5, 0.6) is 17.2 Å². The van der Waals surface area contributed by atoms with Gasteiger partial charge in [-0.15, -0.1) is 0 Å². The molecule has 2 aromatic rings. The van der Waals surface area contributed by atoms with Crippen LogP contribution >= 0.6 is 11.6 Å². The number of piperazine rings is 1. The van der Waals surface area contributed by atoms with Gasteiger partial charge in [-0.1, -0.05) is 35.9 Å². The topological polar surface area (TPSA) is 62.2 Å². The molecule has 144 valence electrons. The molecule has 0 atom stereocenters. The molecule has 1 amide bonds. The van der Waals surface area contributed by atoms with Crippen LogP contribution in [0.2, 0.25) is 5.02 Å². The average Bonchev–Trinajstić information content (AvgIpc) is 2.69. The monoisotopic (exact) mass is 390 g/mol. The fourth-order valence-corrected chi connectivity index (χ4v) is 3.07. The number of hydrogen-bond acceptors (Lipinski definition) is 5. The van der Waals surface area contributed by atoms with Crippen molar-refractivity contribution in [2.24, 2.45) is 0 Å². The zero-order valence-electron chi connectivity index (χ0n) is 15.0.